The zero-order chi connectivity index (χ0) is 13.5. The Bertz CT molecular complexity index is 471. The second kappa shape index (κ2) is 7.31. The fourth-order valence-corrected chi connectivity index (χ4v) is 2.16. The summed E-state index contributed by atoms with van der Waals surface area (Å²) in [5.74, 6) is 0. The highest BCUT2D eigenvalue weighted by Gasteiger charge is 2.16. The molecule has 1 saturated heterocycles. The second-order valence-corrected chi connectivity index (χ2v) is 4.66. The van der Waals surface area contributed by atoms with Crippen LogP contribution in [-0.4, -0.2) is 17.9 Å². The molecule has 2 rings (SSSR count). The van der Waals surface area contributed by atoms with Gasteiger partial charge in [0.25, 0.3) is 0 Å². The van der Waals surface area contributed by atoms with Gasteiger partial charge in [-0.3, -0.25) is 4.98 Å². The molecule has 19 heavy (non-hydrogen) atoms. The maximum Gasteiger partial charge on any atom is 0.158 e. The van der Waals surface area contributed by atoms with E-state index in [-0.39, 0.29) is 12.8 Å². The fourth-order valence-electron chi connectivity index (χ4n) is 1.93. The zero-order valence-corrected chi connectivity index (χ0v) is 11.2. The molecule has 0 aromatic carbocycles. The molecule has 0 bridgehead atoms. The minimum atomic E-state index is -0.176. The Kier molecular flexibility index (Phi) is 5.42. The van der Waals surface area contributed by atoms with Gasteiger partial charge in [-0.2, -0.15) is 0 Å². The van der Waals surface area contributed by atoms with Crippen LogP contribution in [0.15, 0.2) is 17.5 Å². The first-order valence-electron chi connectivity index (χ1n) is 6.16. The molecule has 0 saturated carbocycles. The Hall–Kier alpha value is -1.33. The predicted octanol–water partition coefficient (Wildman–Crippen LogP) is 3.59. The van der Waals surface area contributed by atoms with Crippen molar-refractivity contribution in [1.82, 2.24) is 4.98 Å². The minimum Gasteiger partial charge on any atom is -0.353 e. The molecule has 0 spiro atoms. The average Bonchev–Trinajstić information content (AvgIpc) is 2.45. The number of pyridine rings is 1. The topological polar surface area (TPSA) is 80.1 Å². The minimum absolute atomic E-state index is 0.176. The van der Waals surface area contributed by atoms with Crippen molar-refractivity contribution in [2.45, 2.75) is 38.7 Å². The largest absolute Gasteiger partial charge is 0.353 e. The van der Waals surface area contributed by atoms with Gasteiger partial charge >= 0.3 is 0 Å². The van der Waals surface area contributed by atoms with Gasteiger partial charge in [-0.25, -0.2) is 0 Å². The van der Waals surface area contributed by atoms with Gasteiger partial charge in [-0.1, -0.05) is 16.7 Å². The van der Waals surface area contributed by atoms with Gasteiger partial charge in [0.15, 0.2) is 6.29 Å². The Morgan fingerprint density at radius 2 is 2.42 bits per heavy atom. The lowest BCUT2D eigenvalue weighted by Crippen LogP contribution is -2.22. The Labute approximate surface area is 116 Å². The summed E-state index contributed by atoms with van der Waals surface area (Å²) in [6.45, 7) is 1.29. The molecule has 2 heterocycles. The van der Waals surface area contributed by atoms with Crippen molar-refractivity contribution in [3.63, 3.8) is 0 Å². The molecule has 7 heteroatoms. The molecular formula is C12H15ClN4O2. The standard InChI is InChI=1S/C12H15ClN4O2/c13-11-7-15-5-9(6-16-17-14)10(11)8-19-12-3-1-2-4-18-12/h5,7,12H,1-4,6,8H2. The van der Waals surface area contributed by atoms with E-state index in [2.05, 4.69) is 15.0 Å². The van der Waals surface area contributed by atoms with Crippen LogP contribution >= 0.6 is 11.6 Å². The van der Waals surface area contributed by atoms with Crippen LogP contribution in [0.1, 0.15) is 30.4 Å². The van der Waals surface area contributed by atoms with Crippen LogP contribution < -0.4 is 0 Å². The summed E-state index contributed by atoms with van der Waals surface area (Å²) in [4.78, 5) is 6.73. The Morgan fingerprint density at radius 1 is 1.53 bits per heavy atom. The highest BCUT2D eigenvalue weighted by molar-refractivity contribution is 6.31. The molecule has 0 amide bonds. The smallest absolute Gasteiger partial charge is 0.158 e. The van der Waals surface area contributed by atoms with Crippen molar-refractivity contribution in [2.75, 3.05) is 6.61 Å². The number of nitrogens with zero attached hydrogens (tertiary/aromatic N) is 4. The lowest BCUT2D eigenvalue weighted by atomic mass is 10.1. The van der Waals surface area contributed by atoms with Gasteiger partial charge in [-0.15, -0.1) is 0 Å². The predicted molar refractivity (Wildman–Crippen MR) is 70.5 cm³/mol. The van der Waals surface area contributed by atoms with Gasteiger partial charge in [0, 0.05) is 29.5 Å². The van der Waals surface area contributed by atoms with E-state index in [0.717, 1.165) is 37.0 Å². The lowest BCUT2D eigenvalue weighted by Gasteiger charge is -2.23. The fraction of sp³-hybridized carbons (Fsp3) is 0.583. The number of azide groups is 1. The normalized spacial score (nSPS) is 18.9. The van der Waals surface area contributed by atoms with Crippen molar-refractivity contribution in [2.24, 2.45) is 5.11 Å². The Morgan fingerprint density at radius 3 is 3.16 bits per heavy atom. The van der Waals surface area contributed by atoms with E-state index in [1.54, 1.807) is 12.4 Å². The number of aromatic nitrogens is 1. The number of ether oxygens (including phenoxy) is 2. The first-order chi connectivity index (χ1) is 9.31. The third kappa shape index (κ3) is 4.08. The molecule has 1 fully saturated rings. The van der Waals surface area contributed by atoms with E-state index in [1.165, 1.54) is 0 Å². The average molecular weight is 283 g/mol. The number of halogens is 1. The molecule has 0 N–H and O–H groups in total. The zero-order valence-electron chi connectivity index (χ0n) is 10.5. The molecule has 1 aromatic heterocycles. The SMILES string of the molecule is [N-]=[N+]=NCc1cncc(Cl)c1COC1CCCCO1. The summed E-state index contributed by atoms with van der Waals surface area (Å²) in [5.41, 5.74) is 9.96. The van der Waals surface area contributed by atoms with Crippen molar-refractivity contribution in [3.05, 3.63) is 39.0 Å². The lowest BCUT2D eigenvalue weighted by molar-refractivity contribution is -0.169. The van der Waals surface area contributed by atoms with Crippen LogP contribution in [0.4, 0.5) is 0 Å². The summed E-state index contributed by atoms with van der Waals surface area (Å²) in [6.07, 6.45) is 6.11. The van der Waals surface area contributed by atoms with E-state index in [0.29, 0.717) is 11.6 Å². The molecule has 6 nitrogen and oxygen atoms in total. The summed E-state index contributed by atoms with van der Waals surface area (Å²) < 4.78 is 11.2. The van der Waals surface area contributed by atoms with Gasteiger partial charge in [-0.05, 0) is 30.4 Å². The molecular weight excluding hydrogens is 268 g/mol. The van der Waals surface area contributed by atoms with Crippen molar-refractivity contribution < 1.29 is 9.47 Å². The van der Waals surface area contributed by atoms with Crippen molar-refractivity contribution in [1.29, 1.82) is 0 Å². The van der Waals surface area contributed by atoms with Gasteiger partial charge < -0.3 is 9.47 Å². The highest BCUT2D eigenvalue weighted by atomic mass is 35.5. The first-order valence-corrected chi connectivity index (χ1v) is 6.54. The van der Waals surface area contributed by atoms with Crippen LogP contribution in [0.2, 0.25) is 5.02 Å². The molecule has 102 valence electrons. The summed E-state index contributed by atoms with van der Waals surface area (Å²) >= 11 is 6.11. The maximum absolute atomic E-state index is 8.38. The van der Waals surface area contributed by atoms with E-state index in [4.69, 9.17) is 26.6 Å². The molecule has 1 aliphatic heterocycles. The molecule has 1 aromatic rings. The van der Waals surface area contributed by atoms with Crippen molar-refractivity contribution in [3.8, 4) is 0 Å². The molecule has 1 unspecified atom stereocenters. The monoisotopic (exact) mass is 282 g/mol. The number of hydrogen-bond acceptors (Lipinski definition) is 4. The van der Waals surface area contributed by atoms with Gasteiger partial charge in [0.2, 0.25) is 0 Å². The summed E-state index contributed by atoms with van der Waals surface area (Å²) in [7, 11) is 0. The third-order valence-corrected chi connectivity index (χ3v) is 3.28. The van der Waals surface area contributed by atoms with Crippen LogP contribution in [-0.2, 0) is 22.6 Å². The van der Waals surface area contributed by atoms with Crippen LogP contribution in [0.3, 0.4) is 0 Å². The van der Waals surface area contributed by atoms with Gasteiger partial charge in [0.1, 0.15) is 0 Å². The third-order valence-electron chi connectivity index (χ3n) is 2.95. The summed E-state index contributed by atoms with van der Waals surface area (Å²) in [6, 6.07) is 0. The molecule has 0 aliphatic carbocycles. The number of hydrogen-bond donors (Lipinski definition) is 0. The highest BCUT2D eigenvalue weighted by Crippen LogP contribution is 2.23. The molecule has 1 atom stereocenters. The molecule has 0 radical (unpaired) electrons. The van der Waals surface area contributed by atoms with Crippen LogP contribution in [0.25, 0.3) is 10.4 Å². The van der Waals surface area contributed by atoms with E-state index in [9.17, 15) is 0 Å². The van der Waals surface area contributed by atoms with E-state index >= 15 is 0 Å². The van der Waals surface area contributed by atoms with Crippen LogP contribution in [0, 0.1) is 0 Å². The van der Waals surface area contributed by atoms with E-state index < -0.39 is 0 Å². The second-order valence-electron chi connectivity index (χ2n) is 4.26. The van der Waals surface area contributed by atoms with E-state index in [1.807, 2.05) is 0 Å². The van der Waals surface area contributed by atoms with Crippen LogP contribution in [0.5, 0.6) is 0 Å². The molecule has 1 aliphatic rings. The quantitative estimate of drug-likeness (QED) is 0.470. The Balaban J connectivity index is 2.02. The first kappa shape index (κ1) is 14.1. The summed E-state index contributed by atoms with van der Waals surface area (Å²) in [5, 5.41) is 4.05. The maximum atomic E-state index is 8.38. The number of rotatable bonds is 5. The van der Waals surface area contributed by atoms with Gasteiger partial charge in [0.05, 0.1) is 18.2 Å². The van der Waals surface area contributed by atoms with Crippen molar-refractivity contribution >= 4 is 11.6 Å².